The first-order valence-electron chi connectivity index (χ1n) is 17.6. The molecule has 8 nitrogen and oxygen atoms in total. The minimum Gasteiger partial charge on any atom is -0.317 e. The highest BCUT2D eigenvalue weighted by atomic mass is 79.9. The summed E-state index contributed by atoms with van der Waals surface area (Å²) in [6, 6.07) is 13.1. The van der Waals surface area contributed by atoms with Crippen molar-refractivity contribution in [3.8, 4) is 0 Å². The van der Waals surface area contributed by atoms with Gasteiger partial charge in [0.1, 0.15) is 11.6 Å². The van der Waals surface area contributed by atoms with Crippen molar-refractivity contribution in [1.29, 1.82) is 0 Å². The number of imide groups is 2. The molecule has 4 heterocycles. The molecule has 11 heteroatoms. The lowest BCUT2D eigenvalue weighted by molar-refractivity contribution is -0.140. The molecule has 0 bridgehead atoms. The van der Waals surface area contributed by atoms with E-state index in [0.717, 1.165) is 87.7 Å². The van der Waals surface area contributed by atoms with Gasteiger partial charge in [0.25, 0.3) is 23.6 Å². The van der Waals surface area contributed by atoms with Crippen LogP contribution in [-0.2, 0) is 31.1 Å². The summed E-state index contributed by atoms with van der Waals surface area (Å²) >= 11 is 3.26. The van der Waals surface area contributed by atoms with Crippen LogP contribution in [0.25, 0.3) is 0 Å². The van der Waals surface area contributed by atoms with E-state index >= 15 is 0 Å². The number of halogens is 3. The van der Waals surface area contributed by atoms with Crippen molar-refractivity contribution in [2.75, 3.05) is 39.3 Å². The molecule has 51 heavy (non-hydrogen) atoms. The van der Waals surface area contributed by atoms with Crippen LogP contribution in [0.1, 0.15) is 49.7 Å². The number of hydrogen-bond acceptors (Lipinski definition) is 6. The molecule has 4 amide bonds. The second-order valence-corrected chi connectivity index (χ2v) is 13.4. The number of alkyl halides is 1. The monoisotopic (exact) mass is 764 g/mol. The van der Waals surface area contributed by atoms with Gasteiger partial charge in [-0.2, -0.15) is 0 Å². The lowest BCUT2D eigenvalue weighted by atomic mass is 9.96. The van der Waals surface area contributed by atoms with E-state index in [0.29, 0.717) is 24.9 Å². The third kappa shape index (κ3) is 13.9. The van der Waals surface area contributed by atoms with Crippen LogP contribution < -0.4 is 5.32 Å². The van der Waals surface area contributed by atoms with Crippen molar-refractivity contribution in [2.45, 2.75) is 50.4 Å². The van der Waals surface area contributed by atoms with Gasteiger partial charge in [-0.05, 0) is 136 Å². The number of likely N-dealkylation sites (tertiary alicyclic amines) is 1. The normalized spacial score (nSPS) is 18.8. The van der Waals surface area contributed by atoms with E-state index in [1.54, 1.807) is 30.4 Å². The van der Waals surface area contributed by atoms with E-state index in [9.17, 15) is 28.0 Å². The Hall–Kier alpha value is -4.06. The molecule has 0 saturated carbocycles. The Morgan fingerprint density at radius 3 is 1.59 bits per heavy atom. The van der Waals surface area contributed by atoms with Gasteiger partial charge in [-0.25, -0.2) is 8.78 Å². The van der Waals surface area contributed by atoms with Crippen LogP contribution in [0.2, 0.25) is 0 Å². The smallest absolute Gasteiger partial charge is 0.253 e. The molecule has 2 fully saturated rings. The first kappa shape index (κ1) is 39.7. The quantitative estimate of drug-likeness (QED) is 0.257. The molecular weight excluding hydrogens is 718 g/mol. The van der Waals surface area contributed by atoms with E-state index in [1.807, 2.05) is 30.4 Å². The molecule has 0 aromatic heterocycles. The number of nitrogens with one attached hydrogen (secondary N) is 1. The summed E-state index contributed by atoms with van der Waals surface area (Å²) in [4.78, 5) is 52.0. The van der Waals surface area contributed by atoms with Gasteiger partial charge in [0.2, 0.25) is 0 Å². The zero-order valence-electron chi connectivity index (χ0n) is 28.9. The minimum absolute atomic E-state index is 0.181. The van der Waals surface area contributed by atoms with Gasteiger partial charge in [0.05, 0.1) is 0 Å². The van der Waals surface area contributed by atoms with Crippen LogP contribution >= 0.6 is 15.9 Å². The number of carbonyl (C=O) groups is 4. The Bertz CT molecular complexity index is 1560. The predicted molar refractivity (Wildman–Crippen MR) is 198 cm³/mol. The van der Waals surface area contributed by atoms with Gasteiger partial charge < -0.3 is 5.32 Å². The highest BCUT2D eigenvalue weighted by molar-refractivity contribution is 9.08. The van der Waals surface area contributed by atoms with Gasteiger partial charge >= 0.3 is 0 Å². The van der Waals surface area contributed by atoms with Crippen LogP contribution in [0.4, 0.5) is 8.78 Å². The lowest BCUT2D eigenvalue weighted by Gasteiger charge is -2.30. The SMILES string of the molecule is Fc1ccc(CBr)cc1.O=C1C=CCCN1C(=O)/C=C/C1CCN(Cc2ccc(F)cc2)CC1.O=C1C=CCCN1C(=O)/C=C/C1CCNCC1. The molecule has 272 valence electrons. The van der Waals surface area contributed by atoms with Gasteiger partial charge in [-0.3, -0.25) is 33.9 Å². The molecule has 0 unspecified atom stereocenters. The second kappa shape index (κ2) is 21.3. The molecule has 4 aliphatic rings. The fourth-order valence-corrected chi connectivity index (χ4v) is 6.37. The maximum absolute atomic E-state index is 12.9. The predicted octanol–water partition coefficient (Wildman–Crippen LogP) is 6.49. The van der Waals surface area contributed by atoms with Crippen molar-refractivity contribution in [2.24, 2.45) is 11.8 Å². The van der Waals surface area contributed by atoms with Gasteiger partial charge in [-0.1, -0.05) is 64.5 Å². The zero-order valence-corrected chi connectivity index (χ0v) is 30.5. The number of rotatable bonds is 7. The van der Waals surface area contributed by atoms with Gasteiger partial charge in [-0.15, -0.1) is 0 Å². The van der Waals surface area contributed by atoms with Crippen molar-refractivity contribution >= 4 is 39.6 Å². The first-order chi connectivity index (χ1) is 24.7. The molecule has 2 aromatic carbocycles. The average Bonchev–Trinajstić information content (AvgIpc) is 3.16. The number of piperidine rings is 2. The van der Waals surface area contributed by atoms with Crippen molar-refractivity contribution in [3.63, 3.8) is 0 Å². The van der Waals surface area contributed by atoms with E-state index < -0.39 is 0 Å². The molecule has 0 atom stereocenters. The van der Waals surface area contributed by atoms with E-state index in [-0.39, 0.29) is 35.3 Å². The third-order valence-electron chi connectivity index (χ3n) is 9.05. The van der Waals surface area contributed by atoms with Crippen LogP contribution in [0, 0.1) is 23.5 Å². The number of carbonyl (C=O) groups excluding carboxylic acids is 4. The summed E-state index contributed by atoms with van der Waals surface area (Å²) < 4.78 is 25.2. The fraction of sp³-hybridized carbons (Fsp3) is 0.400. The minimum atomic E-state index is -0.227. The van der Waals surface area contributed by atoms with Crippen LogP contribution in [0.5, 0.6) is 0 Å². The maximum atomic E-state index is 12.9. The third-order valence-corrected chi connectivity index (χ3v) is 9.70. The summed E-state index contributed by atoms with van der Waals surface area (Å²) in [5.74, 6) is -0.383. The first-order valence-corrected chi connectivity index (χ1v) is 18.7. The fourth-order valence-electron chi connectivity index (χ4n) is 5.99. The molecule has 1 N–H and O–H groups in total. The summed E-state index contributed by atoms with van der Waals surface area (Å²) in [5.41, 5.74) is 2.21. The van der Waals surface area contributed by atoms with Crippen LogP contribution in [0.15, 0.2) is 97.1 Å². The Balaban J connectivity index is 0.000000192. The van der Waals surface area contributed by atoms with Crippen molar-refractivity contribution in [3.05, 3.63) is 120 Å². The molecule has 2 aromatic rings. The summed E-state index contributed by atoms with van der Waals surface area (Å²) in [6.07, 6.45) is 19.2. The number of amides is 4. The highest BCUT2D eigenvalue weighted by Gasteiger charge is 2.22. The molecule has 2 saturated heterocycles. The molecule has 6 rings (SSSR count). The Morgan fingerprint density at radius 1 is 0.686 bits per heavy atom. The van der Waals surface area contributed by atoms with Crippen molar-refractivity contribution < 1.29 is 28.0 Å². The molecule has 4 aliphatic heterocycles. The Morgan fingerprint density at radius 2 is 1.14 bits per heavy atom. The van der Waals surface area contributed by atoms with Crippen LogP contribution in [-0.4, -0.2) is 77.6 Å². The molecule has 0 aliphatic carbocycles. The van der Waals surface area contributed by atoms with Crippen molar-refractivity contribution in [1.82, 2.24) is 20.0 Å². The van der Waals surface area contributed by atoms with E-state index in [2.05, 4.69) is 26.1 Å². The second-order valence-electron chi connectivity index (χ2n) is 12.8. The number of hydrogen-bond donors (Lipinski definition) is 1. The topological polar surface area (TPSA) is 90.0 Å². The lowest BCUT2D eigenvalue weighted by Crippen LogP contribution is -2.37. The van der Waals surface area contributed by atoms with E-state index in [1.165, 1.54) is 46.2 Å². The summed E-state index contributed by atoms with van der Waals surface area (Å²) in [5, 5.41) is 4.07. The van der Waals surface area contributed by atoms with Crippen LogP contribution in [0.3, 0.4) is 0 Å². The zero-order chi connectivity index (χ0) is 36.4. The summed E-state index contributed by atoms with van der Waals surface area (Å²) in [7, 11) is 0. The standard InChI is InChI=1S/C20H23FN2O2.C13H18N2O2.C7H6BrF/c21-18-7-4-17(5-8-18)15-22-13-10-16(11-14-22)6-9-20(25)23-12-2-1-3-19(23)24;16-12-3-1-2-10-15(12)13(17)5-4-11-6-8-14-9-7-11;8-5-6-1-3-7(9)4-2-6/h1,3-9,16H,2,10-15H2;1,3-5,11,14H,2,6-10H2;1-4H,5H2/b9-6+;5-4+;. The number of nitrogens with zero attached hydrogens (tertiary/aromatic N) is 3. The Labute approximate surface area is 308 Å². The van der Waals surface area contributed by atoms with E-state index in [4.69, 9.17) is 0 Å². The molecule has 0 spiro atoms. The average molecular weight is 766 g/mol. The summed E-state index contributed by atoms with van der Waals surface area (Å²) in [6.45, 7) is 5.71. The Kier molecular flexibility index (Phi) is 16.6. The number of allylic oxidation sites excluding steroid dienone is 2. The molecule has 0 radical (unpaired) electrons. The highest BCUT2D eigenvalue weighted by Crippen LogP contribution is 2.21. The largest absolute Gasteiger partial charge is 0.317 e. The number of benzene rings is 2. The molecular formula is C40H47BrF2N4O4. The van der Waals surface area contributed by atoms with Gasteiger partial charge in [0, 0.05) is 25.0 Å². The van der Waals surface area contributed by atoms with Gasteiger partial charge in [0.15, 0.2) is 0 Å². The maximum Gasteiger partial charge on any atom is 0.253 e.